The van der Waals surface area contributed by atoms with Gasteiger partial charge in [-0.05, 0) is 81.1 Å². The van der Waals surface area contributed by atoms with E-state index in [0.717, 1.165) is 18.6 Å². The molecule has 0 spiro atoms. The van der Waals surface area contributed by atoms with Gasteiger partial charge in [-0.15, -0.1) is 0 Å². The zero-order chi connectivity index (χ0) is 22.3. The Morgan fingerprint density at radius 2 is 1.72 bits per heavy atom. The van der Waals surface area contributed by atoms with E-state index in [9.17, 15) is 9.59 Å². The Morgan fingerprint density at radius 1 is 1.00 bits per heavy atom. The van der Waals surface area contributed by atoms with E-state index in [-0.39, 0.29) is 17.9 Å². The predicted octanol–water partition coefficient (Wildman–Crippen LogP) is 5.05. The van der Waals surface area contributed by atoms with Crippen molar-refractivity contribution in [1.29, 1.82) is 0 Å². The summed E-state index contributed by atoms with van der Waals surface area (Å²) in [6.45, 7) is 1.77. The monoisotopic (exact) mass is 432 g/mol. The number of anilines is 2. The van der Waals surface area contributed by atoms with Gasteiger partial charge in [0.25, 0.3) is 5.91 Å². The standard InChI is InChI=1S/C25H28N4O3/c1-18(29-16-6-15-26-29)24(30)27-20-7-5-8-21(17-20)28-25(31)19-11-13-23(14-12-19)32-22-9-3-2-4-10-22/h5-8,11-18,22H,2-4,9-10H2,1H3,(H,27,30)(H,28,31). The van der Waals surface area contributed by atoms with Crippen LogP contribution in [0.15, 0.2) is 67.0 Å². The molecule has 0 bridgehead atoms. The van der Waals surface area contributed by atoms with Crippen molar-refractivity contribution in [3.63, 3.8) is 0 Å². The van der Waals surface area contributed by atoms with Crippen molar-refractivity contribution in [2.75, 3.05) is 10.6 Å². The van der Waals surface area contributed by atoms with Crippen LogP contribution in [0, 0.1) is 0 Å². The van der Waals surface area contributed by atoms with Gasteiger partial charge in [0.15, 0.2) is 0 Å². The first-order valence-corrected chi connectivity index (χ1v) is 11.1. The van der Waals surface area contributed by atoms with Crippen LogP contribution in [0.25, 0.3) is 0 Å². The molecule has 2 aromatic carbocycles. The summed E-state index contributed by atoms with van der Waals surface area (Å²) in [7, 11) is 0. The molecule has 2 N–H and O–H groups in total. The summed E-state index contributed by atoms with van der Waals surface area (Å²) in [5.41, 5.74) is 1.74. The number of benzene rings is 2. The zero-order valence-corrected chi connectivity index (χ0v) is 18.2. The summed E-state index contributed by atoms with van der Waals surface area (Å²) >= 11 is 0. The Hall–Kier alpha value is -3.61. The van der Waals surface area contributed by atoms with Crippen LogP contribution < -0.4 is 15.4 Å². The highest BCUT2D eigenvalue weighted by molar-refractivity contribution is 6.04. The first kappa shape index (κ1) is 21.6. The lowest BCUT2D eigenvalue weighted by Gasteiger charge is -2.23. The third kappa shape index (κ3) is 5.55. The molecule has 7 heteroatoms. The van der Waals surface area contributed by atoms with Crippen LogP contribution in [0.3, 0.4) is 0 Å². The molecule has 7 nitrogen and oxygen atoms in total. The number of hydrogen-bond acceptors (Lipinski definition) is 4. The smallest absolute Gasteiger partial charge is 0.255 e. The minimum Gasteiger partial charge on any atom is -0.490 e. The Bertz CT molecular complexity index is 1040. The molecule has 1 fully saturated rings. The van der Waals surface area contributed by atoms with Gasteiger partial charge in [-0.3, -0.25) is 14.3 Å². The molecular weight excluding hydrogens is 404 g/mol. The van der Waals surface area contributed by atoms with Gasteiger partial charge in [0.05, 0.1) is 6.10 Å². The molecule has 0 saturated heterocycles. The second-order valence-corrected chi connectivity index (χ2v) is 8.09. The quantitative estimate of drug-likeness (QED) is 0.547. The van der Waals surface area contributed by atoms with E-state index in [0.29, 0.717) is 16.9 Å². The van der Waals surface area contributed by atoms with E-state index >= 15 is 0 Å². The molecule has 1 saturated carbocycles. The molecule has 3 aromatic rings. The molecule has 1 aliphatic rings. The first-order valence-electron chi connectivity index (χ1n) is 11.1. The van der Waals surface area contributed by atoms with E-state index in [2.05, 4.69) is 15.7 Å². The van der Waals surface area contributed by atoms with Gasteiger partial charge in [-0.25, -0.2) is 0 Å². The Labute approximate surface area is 187 Å². The lowest BCUT2D eigenvalue weighted by Crippen LogP contribution is -2.24. The second kappa shape index (κ2) is 10.1. The van der Waals surface area contributed by atoms with Crippen LogP contribution in [-0.2, 0) is 4.79 Å². The van der Waals surface area contributed by atoms with E-state index in [4.69, 9.17) is 4.74 Å². The van der Waals surface area contributed by atoms with Crippen molar-refractivity contribution in [3.8, 4) is 5.75 Å². The molecule has 1 atom stereocenters. The molecular formula is C25H28N4O3. The highest BCUT2D eigenvalue weighted by atomic mass is 16.5. The summed E-state index contributed by atoms with van der Waals surface area (Å²) in [5, 5.41) is 9.84. The van der Waals surface area contributed by atoms with Gasteiger partial charge in [0, 0.05) is 29.3 Å². The number of amides is 2. The fourth-order valence-corrected chi connectivity index (χ4v) is 3.81. The van der Waals surface area contributed by atoms with Crippen molar-refractivity contribution >= 4 is 23.2 Å². The largest absolute Gasteiger partial charge is 0.490 e. The van der Waals surface area contributed by atoms with Crippen molar-refractivity contribution in [2.45, 2.75) is 51.2 Å². The van der Waals surface area contributed by atoms with E-state index in [1.807, 2.05) is 12.1 Å². The maximum atomic E-state index is 12.7. The normalized spacial score (nSPS) is 15.0. The lowest BCUT2D eigenvalue weighted by atomic mass is 9.98. The Kier molecular flexibility index (Phi) is 6.84. The van der Waals surface area contributed by atoms with Crippen LogP contribution >= 0.6 is 0 Å². The van der Waals surface area contributed by atoms with Crippen LogP contribution in [0.5, 0.6) is 5.75 Å². The van der Waals surface area contributed by atoms with Gasteiger partial charge in [0.1, 0.15) is 11.8 Å². The van der Waals surface area contributed by atoms with Gasteiger partial charge >= 0.3 is 0 Å². The van der Waals surface area contributed by atoms with Gasteiger partial charge in [0.2, 0.25) is 5.91 Å². The molecule has 4 rings (SSSR count). The van der Waals surface area contributed by atoms with Gasteiger partial charge in [-0.2, -0.15) is 5.10 Å². The van der Waals surface area contributed by atoms with Crippen molar-refractivity contribution in [1.82, 2.24) is 9.78 Å². The van der Waals surface area contributed by atoms with Crippen LogP contribution in [0.2, 0.25) is 0 Å². The van der Waals surface area contributed by atoms with E-state index in [1.165, 1.54) is 19.3 Å². The van der Waals surface area contributed by atoms with E-state index < -0.39 is 6.04 Å². The predicted molar refractivity (Wildman–Crippen MR) is 124 cm³/mol. The molecule has 0 aliphatic heterocycles. The highest BCUT2D eigenvalue weighted by Gasteiger charge is 2.16. The van der Waals surface area contributed by atoms with Crippen LogP contribution in [0.1, 0.15) is 55.4 Å². The average molecular weight is 433 g/mol. The minimum absolute atomic E-state index is 0.189. The number of nitrogens with zero attached hydrogens (tertiary/aromatic N) is 2. The second-order valence-electron chi connectivity index (χ2n) is 8.09. The van der Waals surface area contributed by atoms with Gasteiger partial charge < -0.3 is 15.4 Å². The molecule has 166 valence electrons. The molecule has 1 aromatic heterocycles. The van der Waals surface area contributed by atoms with Crippen LogP contribution in [0.4, 0.5) is 11.4 Å². The lowest BCUT2D eigenvalue weighted by molar-refractivity contribution is -0.119. The van der Waals surface area contributed by atoms with Crippen molar-refractivity contribution in [3.05, 3.63) is 72.6 Å². The SMILES string of the molecule is CC(C(=O)Nc1cccc(NC(=O)c2ccc(OC3CCCCC3)cc2)c1)n1cccn1. The Balaban J connectivity index is 1.34. The number of aromatic nitrogens is 2. The van der Waals surface area contributed by atoms with E-state index in [1.54, 1.807) is 66.5 Å². The van der Waals surface area contributed by atoms with Crippen molar-refractivity contribution < 1.29 is 14.3 Å². The number of rotatable bonds is 7. The summed E-state index contributed by atoms with van der Waals surface area (Å²) in [4.78, 5) is 25.1. The summed E-state index contributed by atoms with van der Waals surface area (Å²) in [6, 6.07) is 15.6. The maximum Gasteiger partial charge on any atom is 0.255 e. The molecule has 1 unspecified atom stereocenters. The number of carbonyl (C=O) groups is 2. The number of hydrogen-bond donors (Lipinski definition) is 2. The van der Waals surface area contributed by atoms with Gasteiger partial charge in [-0.1, -0.05) is 12.5 Å². The molecule has 2 amide bonds. The summed E-state index contributed by atoms with van der Waals surface area (Å²) < 4.78 is 7.61. The zero-order valence-electron chi connectivity index (χ0n) is 18.2. The van der Waals surface area contributed by atoms with Crippen molar-refractivity contribution in [2.24, 2.45) is 0 Å². The fraction of sp³-hybridized carbons (Fsp3) is 0.320. The Morgan fingerprint density at radius 3 is 2.41 bits per heavy atom. The topological polar surface area (TPSA) is 85.3 Å². The molecule has 0 radical (unpaired) electrons. The summed E-state index contributed by atoms with van der Waals surface area (Å²) in [5.74, 6) is 0.387. The average Bonchev–Trinajstić information content (AvgIpc) is 3.35. The third-order valence-corrected chi connectivity index (χ3v) is 5.66. The molecule has 32 heavy (non-hydrogen) atoms. The minimum atomic E-state index is -0.447. The number of ether oxygens (including phenoxy) is 1. The molecule has 1 aliphatic carbocycles. The van der Waals surface area contributed by atoms with Crippen LogP contribution in [-0.4, -0.2) is 27.7 Å². The maximum absolute atomic E-state index is 12.7. The number of carbonyl (C=O) groups excluding carboxylic acids is 2. The third-order valence-electron chi connectivity index (χ3n) is 5.66. The highest BCUT2D eigenvalue weighted by Crippen LogP contribution is 2.24. The first-order chi connectivity index (χ1) is 15.6. The number of nitrogens with one attached hydrogen (secondary N) is 2. The molecule has 1 heterocycles. The summed E-state index contributed by atoms with van der Waals surface area (Å²) in [6.07, 6.45) is 9.55. The fourth-order valence-electron chi connectivity index (χ4n) is 3.81.